The van der Waals surface area contributed by atoms with E-state index in [1.807, 2.05) is 6.26 Å². The molecule has 0 spiro atoms. The van der Waals surface area contributed by atoms with Crippen LogP contribution >= 0.6 is 11.8 Å². The van der Waals surface area contributed by atoms with Gasteiger partial charge in [0, 0.05) is 10.5 Å². The Hall–Kier alpha value is -1.95. The molecule has 2 nitrogen and oxygen atoms in total. The zero-order valence-electron chi connectivity index (χ0n) is 11.0. The van der Waals surface area contributed by atoms with Gasteiger partial charge in [0.25, 0.3) is 0 Å². The first-order valence-electron chi connectivity index (χ1n) is 5.94. The first-order chi connectivity index (χ1) is 9.90. The topological polar surface area (TPSA) is 26.3 Å². The lowest BCUT2D eigenvalue weighted by molar-refractivity contribution is -0.274. The lowest BCUT2D eigenvalue weighted by Crippen LogP contribution is -2.19. The molecule has 0 radical (unpaired) electrons. The minimum Gasteiger partial charge on any atom is -0.405 e. The van der Waals surface area contributed by atoms with Gasteiger partial charge in [-0.05, 0) is 42.7 Å². The average molecular weight is 312 g/mol. The largest absolute Gasteiger partial charge is 0.573 e. The molecule has 0 aromatic heterocycles. The minimum atomic E-state index is -4.83. The number of carbonyl (C=O) groups excluding carboxylic acids is 1. The Morgan fingerprint density at radius 2 is 1.67 bits per heavy atom. The molecule has 0 aliphatic rings. The Labute approximate surface area is 123 Å². The van der Waals surface area contributed by atoms with Crippen LogP contribution in [0.2, 0.25) is 0 Å². The maximum absolute atomic E-state index is 12.3. The van der Waals surface area contributed by atoms with Crippen molar-refractivity contribution >= 4 is 17.5 Å². The van der Waals surface area contributed by atoms with Crippen molar-refractivity contribution in [3.63, 3.8) is 0 Å². The maximum atomic E-state index is 12.3. The number of thioether (sulfide) groups is 1. The highest BCUT2D eigenvalue weighted by atomic mass is 32.2. The van der Waals surface area contributed by atoms with Gasteiger partial charge in [0.05, 0.1) is 5.56 Å². The second-order valence-electron chi connectivity index (χ2n) is 4.10. The summed E-state index contributed by atoms with van der Waals surface area (Å²) in [5.41, 5.74) is 0.192. The number of hydrogen-bond acceptors (Lipinski definition) is 3. The number of benzene rings is 2. The summed E-state index contributed by atoms with van der Waals surface area (Å²) in [5.74, 6) is -1.01. The van der Waals surface area contributed by atoms with Gasteiger partial charge in [0.15, 0.2) is 5.78 Å². The minimum absolute atomic E-state index is 0.119. The number of ether oxygens (including phenoxy) is 1. The third-order valence-corrected chi connectivity index (χ3v) is 3.45. The molecule has 0 saturated heterocycles. The summed E-state index contributed by atoms with van der Waals surface area (Å²) in [6.07, 6.45) is -2.94. The molecule has 0 amide bonds. The third-order valence-electron chi connectivity index (χ3n) is 2.71. The van der Waals surface area contributed by atoms with Gasteiger partial charge >= 0.3 is 6.36 Å². The van der Waals surface area contributed by atoms with Gasteiger partial charge in [0.1, 0.15) is 5.75 Å². The summed E-state index contributed by atoms with van der Waals surface area (Å²) in [4.78, 5) is 13.3. The van der Waals surface area contributed by atoms with E-state index in [1.165, 1.54) is 30.0 Å². The highest BCUT2D eigenvalue weighted by Gasteiger charge is 2.32. The van der Waals surface area contributed by atoms with E-state index in [-0.39, 0.29) is 5.56 Å². The third kappa shape index (κ3) is 4.01. The second kappa shape index (κ2) is 6.22. The Morgan fingerprint density at radius 3 is 2.24 bits per heavy atom. The quantitative estimate of drug-likeness (QED) is 0.612. The zero-order chi connectivity index (χ0) is 15.5. The van der Waals surface area contributed by atoms with Crippen molar-refractivity contribution in [2.75, 3.05) is 6.26 Å². The Bertz CT molecular complexity index is 636. The molecule has 21 heavy (non-hydrogen) atoms. The van der Waals surface area contributed by atoms with Crippen LogP contribution in [0.4, 0.5) is 13.2 Å². The fourth-order valence-electron chi connectivity index (χ4n) is 1.77. The number of rotatable bonds is 4. The van der Waals surface area contributed by atoms with Gasteiger partial charge in [-0.3, -0.25) is 4.79 Å². The predicted octanol–water partition coefficient (Wildman–Crippen LogP) is 4.54. The lowest BCUT2D eigenvalue weighted by Gasteiger charge is -2.12. The normalized spacial score (nSPS) is 11.2. The van der Waals surface area contributed by atoms with Crippen LogP contribution in [0.5, 0.6) is 5.75 Å². The Balaban J connectivity index is 2.34. The van der Waals surface area contributed by atoms with Crippen molar-refractivity contribution in [1.82, 2.24) is 0 Å². The predicted molar refractivity (Wildman–Crippen MR) is 74.8 cm³/mol. The molecule has 0 heterocycles. The molecule has 0 aliphatic heterocycles. The van der Waals surface area contributed by atoms with Gasteiger partial charge in [-0.2, -0.15) is 0 Å². The highest BCUT2D eigenvalue weighted by molar-refractivity contribution is 7.98. The van der Waals surface area contributed by atoms with Crippen molar-refractivity contribution in [2.24, 2.45) is 0 Å². The SMILES string of the molecule is CSc1ccc(C(=O)c2ccccc2OC(F)(F)F)cc1. The smallest absolute Gasteiger partial charge is 0.405 e. The lowest BCUT2D eigenvalue weighted by atomic mass is 10.0. The highest BCUT2D eigenvalue weighted by Crippen LogP contribution is 2.28. The summed E-state index contributed by atoms with van der Waals surface area (Å²) in [6.45, 7) is 0. The van der Waals surface area contributed by atoms with Crippen LogP contribution in [0.25, 0.3) is 0 Å². The van der Waals surface area contributed by atoms with Gasteiger partial charge in [-0.1, -0.05) is 12.1 Å². The summed E-state index contributed by atoms with van der Waals surface area (Å²) in [7, 11) is 0. The number of para-hydroxylation sites is 1. The van der Waals surface area contributed by atoms with Crippen molar-refractivity contribution < 1.29 is 22.7 Å². The second-order valence-corrected chi connectivity index (χ2v) is 4.98. The fourth-order valence-corrected chi connectivity index (χ4v) is 2.17. The molecule has 0 unspecified atom stereocenters. The summed E-state index contributed by atoms with van der Waals surface area (Å²) in [5, 5.41) is 0. The molecule has 2 aromatic rings. The van der Waals surface area contributed by atoms with Crippen molar-refractivity contribution in [3.8, 4) is 5.75 Å². The molecule has 0 bridgehead atoms. The molecule has 0 N–H and O–H groups in total. The van der Waals surface area contributed by atoms with Crippen LogP contribution in [-0.2, 0) is 0 Å². The first kappa shape index (κ1) is 15.4. The molecule has 2 aromatic carbocycles. The van der Waals surface area contributed by atoms with Crippen LogP contribution in [0, 0.1) is 0 Å². The van der Waals surface area contributed by atoms with E-state index in [1.54, 1.807) is 24.3 Å². The van der Waals surface area contributed by atoms with Crippen molar-refractivity contribution in [2.45, 2.75) is 11.3 Å². The first-order valence-corrected chi connectivity index (χ1v) is 7.17. The Morgan fingerprint density at radius 1 is 1.05 bits per heavy atom. The van der Waals surface area contributed by atoms with Crippen LogP contribution in [-0.4, -0.2) is 18.4 Å². The van der Waals surface area contributed by atoms with Crippen LogP contribution < -0.4 is 4.74 Å². The van der Waals surface area contributed by atoms with Gasteiger partial charge < -0.3 is 4.74 Å². The fraction of sp³-hybridized carbons (Fsp3) is 0.133. The molecule has 2 rings (SSSR count). The van der Waals surface area contributed by atoms with E-state index in [4.69, 9.17) is 0 Å². The molecule has 0 aliphatic carbocycles. The van der Waals surface area contributed by atoms with Crippen LogP contribution in [0.3, 0.4) is 0 Å². The standard InChI is InChI=1S/C15H11F3O2S/c1-21-11-8-6-10(7-9-11)14(19)12-4-2-3-5-13(12)20-15(16,17)18/h2-9H,1H3. The van der Waals surface area contributed by atoms with Crippen LogP contribution in [0.1, 0.15) is 15.9 Å². The van der Waals surface area contributed by atoms with Crippen LogP contribution in [0.15, 0.2) is 53.4 Å². The monoisotopic (exact) mass is 312 g/mol. The zero-order valence-corrected chi connectivity index (χ0v) is 11.8. The van der Waals surface area contributed by atoms with Crippen molar-refractivity contribution in [1.29, 1.82) is 0 Å². The molecular formula is C15H11F3O2S. The number of halogens is 3. The number of alkyl halides is 3. The summed E-state index contributed by atoms with van der Waals surface area (Å²) < 4.78 is 40.9. The van der Waals surface area contributed by atoms with E-state index in [9.17, 15) is 18.0 Å². The van der Waals surface area contributed by atoms with E-state index in [0.29, 0.717) is 5.56 Å². The van der Waals surface area contributed by atoms with Gasteiger partial charge in [-0.25, -0.2) is 0 Å². The summed E-state index contributed by atoms with van der Waals surface area (Å²) >= 11 is 1.51. The molecule has 110 valence electrons. The van der Waals surface area contributed by atoms with E-state index in [0.717, 1.165) is 11.0 Å². The maximum Gasteiger partial charge on any atom is 0.573 e. The molecule has 0 saturated carbocycles. The van der Waals surface area contributed by atoms with E-state index in [2.05, 4.69) is 4.74 Å². The number of hydrogen-bond donors (Lipinski definition) is 0. The van der Waals surface area contributed by atoms with E-state index < -0.39 is 17.9 Å². The van der Waals surface area contributed by atoms with Crippen molar-refractivity contribution in [3.05, 3.63) is 59.7 Å². The molecule has 6 heteroatoms. The van der Waals surface area contributed by atoms with Gasteiger partial charge in [0.2, 0.25) is 0 Å². The molecule has 0 atom stereocenters. The number of carbonyl (C=O) groups is 1. The Kier molecular flexibility index (Phi) is 4.57. The summed E-state index contributed by atoms with van der Waals surface area (Å²) in [6, 6.07) is 12.0. The van der Waals surface area contributed by atoms with E-state index >= 15 is 0 Å². The molecular weight excluding hydrogens is 301 g/mol. The van der Waals surface area contributed by atoms with Gasteiger partial charge in [-0.15, -0.1) is 24.9 Å². The molecule has 0 fully saturated rings. The number of ketones is 1. The average Bonchev–Trinajstić information content (AvgIpc) is 2.45.